The number of halogens is 1. The van der Waals surface area contributed by atoms with Gasteiger partial charge in [0, 0.05) is 15.4 Å². The third kappa shape index (κ3) is 3.66. The van der Waals surface area contributed by atoms with Crippen molar-refractivity contribution < 1.29 is 4.79 Å². The molecule has 0 saturated carbocycles. The van der Waals surface area contributed by atoms with E-state index in [9.17, 15) is 4.79 Å². The Hall–Kier alpha value is -2.90. The second-order valence-corrected chi connectivity index (χ2v) is 8.78. The highest BCUT2D eigenvalue weighted by molar-refractivity contribution is 9.10. The molecule has 0 fully saturated rings. The number of thioether (sulfide) groups is 1. The summed E-state index contributed by atoms with van der Waals surface area (Å²) < 4.78 is 0.991. The van der Waals surface area contributed by atoms with Crippen LogP contribution in [0.5, 0.6) is 0 Å². The first-order valence-corrected chi connectivity index (χ1v) is 11.3. The zero-order valence-corrected chi connectivity index (χ0v) is 18.2. The Morgan fingerprint density at radius 2 is 1.70 bits per heavy atom. The van der Waals surface area contributed by atoms with E-state index in [4.69, 9.17) is 10.1 Å². The molecule has 3 aromatic rings. The molecule has 0 spiro atoms. The lowest BCUT2D eigenvalue weighted by molar-refractivity contribution is -0.116. The molecule has 0 aromatic heterocycles. The molecule has 3 aromatic carbocycles. The van der Waals surface area contributed by atoms with E-state index in [0.29, 0.717) is 10.9 Å². The summed E-state index contributed by atoms with van der Waals surface area (Å²) in [6.45, 7) is 0. The van der Waals surface area contributed by atoms with Crippen LogP contribution < -0.4 is 15.9 Å². The van der Waals surface area contributed by atoms with Crippen molar-refractivity contribution >= 4 is 44.5 Å². The van der Waals surface area contributed by atoms with E-state index >= 15 is 0 Å². The molecule has 1 unspecified atom stereocenters. The average molecular weight is 477 g/mol. The van der Waals surface area contributed by atoms with Gasteiger partial charge in [0.05, 0.1) is 5.36 Å². The van der Waals surface area contributed by atoms with E-state index in [-0.39, 0.29) is 5.91 Å². The number of benzene rings is 3. The number of hydrogen-bond acceptors (Lipinski definition) is 5. The highest BCUT2D eigenvalue weighted by Crippen LogP contribution is 2.31. The van der Waals surface area contributed by atoms with Gasteiger partial charge in [-0.3, -0.25) is 15.1 Å². The molecule has 2 heterocycles. The second-order valence-electron chi connectivity index (χ2n) is 6.90. The monoisotopic (exact) mass is 476 g/mol. The molecule has 2 aliphatic heterocycles. The molecule has 0 aliphatic carbocycles. The van der Waals surface area contributed by atoms with Gasteiger partial charge < -0.3 is 0 Å². The van der Waals surface area contributed by atoms with Crippen LogP contribution in [-0.4, -0.2) is 16.1 Å². The van der Waals surface area contributed by atoms with E-state index in [0.717, 1.165) is 26.4 Å². The van der Waals surface area contributed by atoms with Crippen molar-refractivity contribution in [1.82, 2.24) is 10.3 Å². The normalized spacial score (nSPS) is 17.4. The Bertz CT molecular complexity index is 1260. The van der Waals surface area contributed by atoms with Crippen LogP contribution in [0.1, 0.15) is 17.3 Å². The number of fused-ring (bicyclic) bond motifs is 2. The number of hydrazone groups is 1. The van der Waals surface area contributed by atoms with E-state index in [2.05, 4.69) is 33.4 Å². The zero-order valence-electron chi connectivity index (χ0n) is 15.8. The maximum absolute atomic E-state index is 13.1. The van der Waals surface area contributed by atoms with Gasteiger partial charge in [-0.2, -0.15) is 0 Å². The van der Waals surface area contributed by atoms with Gasteiger partial charge in [0.1, 0.15) is 5.70 Å². The zero-order chi connectivity index (χ0) is 20.5. The van der Waals surface area contributed by atoms with Crippen LogP contribution in [0.3, 0.4) is 0 Å². The van der Waals surface area contributed by atoms with Crippen LogP contribution in [0.2, 0.25) is 0 Å². The molecule has 2 aliphatic rings. The maximum Gasteiger partial charge on any atom is 0.276 e. The number of hydrogen-bond donors (Lipinski definition) is 1. The largest absolute Gasteiger partial charge is 0.298 e. The molecule has 7 heteroatoms. The fourth-order valence-corrected chi connectivity index (χ4v) is 4.54. The lowest BCUT2D eigenvalue weighted by Gasteiger charge is -2.34. The van der Waals surface area contributed by atoms with Gasteiger partial charge in [0.2, 0.25) is 0 Å². The Morgan fingerprint density at radius 3 is 2.50 bits per heavy atom. The highest BCUT2D eigenvalue weighted by atomic mass is 79.9. The van der Waals surface area contributed by atoms with Gasteiger partial charge in [-0.15, -0.1) is 5.10 Å². The average Bonchev–Trinajstić information content (AvgIpc) is 2.78. The SMILES string of the molecule is O=C1NC(SCc2ccccc2)=NN2C1=c1ccccc1=NC2c1ccc(Br)cc1. The molecule has 30 heavy (non-hydrogen) atoms. The first-order chi connectivity index (χ1) is 14.7. The van der Waals surface area contributed by atoms with Crippen molar-refractivity contribution in [3.63, 3.8) is 0 Å². The van der Waals surface area contributed by atoms with Gasteiger partial charge in [-0.1, -0.05) is 88.4 Å². The Morgan fingerprint density at radius 1 is 0.967 bits per heavy atom. The number of nitrogens with zero attached hydrogens (tertiary/aromatic N) is 3. The third-order valence-corrected chi connectivity index (χ3v) is 6.37. The van der Waals surface area contributed by atoms with Crippen molar-refractivity contribution in [3.8, 4) is 0 Å². The molecule has 0 radical (unpaired) electrons. The lowest BCUT2D eigenvalue weighted by Crippen LogP contribution is -2.50. The first kappa shape index (κ1) is 19.1. The predicted molar refractivity (Wildman–Crippen MR) is 123 cm³/mol. The van der Waals surface area contributed by atoms with Gasteiger partial charge in [0.15, 0.2) is 11.3 Å². The molecule has 5 nitrogen and oxygen atoms in total. The first-order valence-electron chi connectivity index (χ1n) is 9.47. The van der Waals surface area contributed by atoms with Crippen LogP contribution in [0, 0.1) is 0 Å². The molecule has 5 rings (SSSR count). The summed E-state index contributed by atoms with van der Waals surface area (Å²) in [7, 11) is 0. The Kier molecular flexibility index (Phi) is 5.14. The van der Waals surface area contributed by atoms with Crippen LogP contribution in [0.15, 0.2) is 93.4 Å². The maximum atomic E-state index is 13.1. The minimum absolute atomic E-state index is 0.162. The summed E-state index contributed by atoms with van der Waals surface area (Å²) >= 11 is 4.99. The number of amides is 1. The van der Waals surface area contributed by atoms with Gasteiger partial charge in [-0.25, -0.2) is 5.01 Å². The third-order valence-electron chi connectivity index (χ3n) is 4.90. The highest BCUT2D eigenvalue weighted by Gasteiger charge is 2.34. The van der Waals surface area contributed by atoms with E-state index in [1.165, 1.54) is 17.3 Å². The van der Waals surface area contributed by atoms with Crippen molar-refractivity contribution in [3.05, 3.63) is 105 Å². The number of carbonyl (C=O) groups is 1. The number of rotatable bonds is 3. The number of nitrogens with one attached hydrogen (secondary N) is 1. The van der Waals surface area contributed by atoms with Crippen LogP contribution in [0.25, 0.3) is 5.70 Å². The van der Waals surface area contributed by atoms with Crippen LogP contribution in [0.4, 0.5) is 0 Å². The molecule has 1 amide bonds. The lowest BCUT2D eigenvalue weighted by atomic mass is 10.1. The quantitative estimate of drug-likeness (QED) is 0.628. The molecule has 148 valence electrons. The number of para-hydroxylation sites is 1. The molecular weight excluding hydrogens is 460 g/mol. The van der Waals surface area contributed by atoms with Crippen molar-refractivity contribution in [2.45, 2.75) is 11.9 Å². The Balaban J connectivity index is 1.57. The fourth-order valence-electron chi connectivity index (χ4n) is 3.47. The topological polar surface area (TPSA) is 57.1 Å². The minimum atomic E-state index is -0.402. The molecule has 0 saturated heterocycles. The van der Waals surface area contributed by atoms with Gasteiger partial charge in [0.25, 0.3) is 5.91 Å². The molecule has 1 N–H and O–H groups in total. The van der Waals surface area contributed by atoms with Crippen LogP contribution in [-0.2, 0) is 10.5 Å². The predicted octanol–water partition coefficient (Wildman–Crippen LogP) is 3.53. The van der Waals surface area contributed by atoms with Crippen molar-refractivity contribution in [2.24, 2.45) is 10.1 Å². The molecular formula is C23H17BrN4OS. The molecule has 0 bridgehead atoms. The van der Waals surface area contributed by atoms with E-state index in [1.807, 2.05) is 66.7 Å². The minimum Gasteiger partial charge on any atom is -0.298 e. The smallest absolute Gasteiger partial charge is 0.276 e. The number of amidine groups is 1. The van der Waals surface area contributed by atoms with Crippen LogP contribution >= 0.6 is 27.7 Å². The Labute approximate surface area is 186 Å². The summed E-state index contributed by atoms with van der Waals surface area (Å²) in [5, 5.41) is 11.6. The van der Waals surface area contributed by atoms with E-state index < -0.39 is 6.17 Å². The summed E-state index contributed by atoms with van der Waals surface area (Å²) in [4.78, 5) is 18.0. The summed E-state index contributed by atoms with van der Waals surface area (Å²) in [6, 6.07) is 25.8. The van der Waals surface area contributed by atoms with Gasteiger partial charge in [-0.05, 0) is 29.3 Å². The van der Waals surface area contributed by atoms with E-state index in [1.54, 1.807) is 5.01 Å². The number of carbonyl (C=O) groups excluding carboxylic acids is 1. The fraction of sp³-hybridized carbons (Fsp3) is 0.0870. The van der Waals surface area contributed by atoms with Gasteiger partial charge >= 0.3 is 0 Å². The summed E-state index contributed by atoms with van der Waals surface area (Å²) in [5.41, 5.74) is 2.67. The van der Waals surface area contributed by atoms with Crippen molar-refractivity contribution in [1.29, 1.82) is 0 Å². The molecule has 1 atom stereocenters. The second kappa shape index (κ2) is 8.08. The summed E-state index contributed by atoms with van der Waals surface area (Å²) in [6.07, 6.45) is -0.402. The van der Waals surface area contributed by atoms with Crippen molar-refractivity contribution in [2.75, 3.05) is 0 Å². The standard InChI is InChI=1S/C23H17BrN4OS/c24-17-12-10-16(11-13-17)21-25-19-9-5-4-8-18(19)20-22(29)26-23(27-28(20)21)30-14-15-6-2-1-3-7-15/h1-13,21H,14H2,(H,26,27,29). The summed E-state index contributed by atoms with van der Waals surface area (Å²) in [5.74, 6) is 0.560.